The first-order valence-electron chi connectivity index (χ1n) is 18.2. The Hall–Kier alpha value is -6.36. The summed E-state index contributed by atoms with van der Waals surface area (Å²) < 4.78 is 2.24. The van der Waals surface area contributed by atoms with Gasteiger partial charge in [-0.1, -0.05) is 162 Å². The third-order valence-electron chi connectivity index (χ3n) is 10.5. The van der Waals surface area contributed by atoms with Crippen LogP contribution in [0.1, 0.15) is 16.7 Å². The predicted molar refractivity (Wildman–Crippen MR) is 225 cm³/mol. The quantitative estimate of drug-likeness (QED) is 0.123. The number of hydrogen-bond acceptors (Lipinski definition) is 2. The summed E-state index contributed by atoms with van der Waals surface area (Å²) in [5, 5.41) is 7.75. The maximum Gasteiger partial charge on any atom is 0.235 e. The summed E-state index contributed by atoms with van der Waals surface area (Å²) in [6, 6.07) is 66.4. The van der Waals surface area contributed by atoms with E-state index in [9.17, 15) is 0 Å². The van der Waals surface area contributed by atoms with Crippen LogP contribution in [0.3, 0.4) is 0 Å². The number of nitrogens with zero attached hydrogens (tertiary/aromatic N) is 3. The van der Waals surface area contributed by atoms with E-state index in [4.69, 9.17) is 9.97 Å². The second-order valence-electron chi connectivity index (χ2n) is 14.1. The minimum absolute atomic E-state index is 0.662. The molecule has 4 heteroatoms. The third kappa shape index (κ3) is 5.68. The number of rotatable bonds is 7. The summed E-state index contributed by atoms with van der Waals surface area (Å²) in [6.45, 7) is 6.50. The molecule has 2 heterocycles. The molecule has 0 saturated heterocycles. The van der Waals surface area contributed by atoms with Crippen LogP contribution in [0.4, 0.5) is 0 Å². The molecule has 9 rings (SSSR count). The van der Waals surface area contributed by atoms with Gasteiger partial charge in [0.1, 0.15) is 0 Å². The Morgan fingerprint density at radius 3 is 1.57 bits per heavy atom. The molecule has 0 aliphatic heterocycles. The third-order valence-corrected chi connectivity index (χ3v) is 15.2. The van der Waals surface area contributed by atoms with Gasteiger partial charge in [-0.15, -0.1) is 0 Å². The van der Waals surface area contributed by atoms with E-state index in [-0.39, 0.29) is 0 Å². The maximum absolute atomic E-state index is 5.47. The second-order valence-corrected chi connectivity index (χ2v) is 17.9. The zero-order valence-electron chi connectivity index (χ0n) is 30.2. The van der Waals surface area contributed by atoms with Crippen molar-refractivity contribution in [2.75, 3.05) is 0 Å². The van der Waals surface area contributed by atoms with Gasteiger partial charge in [-0.3, -0.25) is 4.57 Å². The number of hydrogen-bond donors (Lipinski definition) is 0. The molecule has 9 aromatic rings. The minimum Gasteiger partial charge on any atom is -0.278 e. The Morgan fingerprint density at radius 2 is 0.925 bits per heavy atom. The molecule has 0 spiro atoms. The van der Waals surface area contributed by atoms with Crippen LogP contribution in [0.25, 0.3) is 50.3 Å². The highest BCUT2D eigenvalue weighted by Gasteiger charge is 2.41. The van der Waals surface area contributed by atoms with Gasteiger partial charge in [0.15, 0.2) is 8.07 Å². The highest BCUT2D eigenvalue weighted by molar-refractivity contribution is 7.19. The highest BCUT2D eigenvalue weighted by atomic mass is 28.3. The first kappa shape index (κ1) is 32.5. The van der Waals surface area contributed by atoms with Crippen molar-refractivity contribution in [3.8, 4) is 28.5 Å². The number of aromatic nitrogens is 3. The lowest BCUT2D eigenvalue weighted by Gasteiger charge is -2.35. The number of fused-ring (bicyclic) bond motifs is 3. The molecular weight excluding hydrogens is 659 g/mol. The topological polar surface area (TPSA) is 30.7 Å². The molecule has 7 aromatic carbocycles. The van der Waals surface area contributed by atoms with Gasteiger partial charge in [-0.25, -0.2) is 9.97 Å². The van der Waals surface area contributed by atoms with Gasteiger partial charge in [0.25, 0.3) is 0 Å². The van der Waals surface area contributed by atoms with Gasteiger partial charge < -0.3 is 0 Å². The normalized spacial score (nSPS) is 11.7. The van der Waals surface area contributed by atoms with Crippen molar-refractivity contribution in [1.82, 2.24) is 14.5 Å². The summed E-state index contributed by atoms with van der Waals surface area (Å²) in [5.41, 5.74) is 9.74. The Kier molecular flexibility index (Phi) is 8.17. The fourth-order valence-corrected chi connectivity index (χ4v) is 13.0. The molecule has 0 radical (unpaired) electrons. The summed E-state index contributed by atoms with van der Waals surface area (Å²) in [6.07, 6.45) is 0. The number of para-hydroxylation sites is 1. The SMILES string of the molecule is Cc1cccc(-c2cc(-c3cc(C)cc([Si](c4ccccc4)(c4ccccc4)c4ccccc4)c3)nc(-n3c4ccccc4c4cc(C)ccc43)n2)c1. The van der Waals surface area contributed by atoms with Crippen molar-refractivity contribution < 1.29 is 0 Å². The van der Waals surface area contributed by atoms with Crippen LogP contribution in [0.15, 0.2) is 182 Å². The summed E-state index contributed by atoms with van der Waals surface area (Å²) in [5.74, 6) is 0.662. The zero-order valence-corrected chi connectivity index (χ0v) is 31.2. The average molecular weight is 698 g/mol. The van der Waals surface area contributed by atoms with Crippen molar-refractivity contribution in [3.05, 3.63) is 199 Å². The molecule has 0 saturated carbocycles. The van der Waals surface area contributed by atoms with Crippen molar-refractivity contribution in [1.29, 1.82) is 0 Å². The van der Waals surface area contributed by atoms with E-state index in [0.29, 0.717) is 5.95 Å². The van der Waals surface area contributed by atoms with E-state index in [1.807, 2.05) is 0 Å². The van der Waals surface area contributed by atoms with Crippen LogP contribution < -0.4 is 20.7 Å². The molecule has 0 aliphatic carbocycles. The van der Waals surface area contributed by atoms with E-state index in [2.05, 4.69) is 207 Å². The summed E-state index contributed by atoms with van der Waals surface area (Å²) in [4.78, 5) is 10.8. The van der Waals surface area contributed by atoms with Gasteiger partial charge in [0.2, 0.25) is 5.95 Å². The Morgan fingerprint density at radius 1 is 0.377 bits per heavy atom. The molecule has 254 valence electrons. The van der Waals surface area contributed by atoms with E-state index in [0.717, 1.165) is 33.5 Å². The predicted octanol–water partition coefficient (Wildman–Crippen LogP) is 9.21. The molecule has 0 N–H and O–H groups in total. The lowest BCUT2D eigenvalue weighted by Crippen LogP contribution is -2.74. The smallest absolute Gasteiger partial charge is 0.235 e. The fourth-order valence-electron chi connectivity index (χ4n) is 8.15. The van der Waals surface area contributed by atoms with Crippen molar-refractivity contribution in [2.45, 2.75) is 20.8 Å². The zero-order chi connectivity index (χ0) is 35.9. The van der Waals surface area contributed by atoms with Crippen molar-refractivity contribution in [2.24, 2.45) is 0 Å². The minimum atomic E-state index is -2.77. The van der Waals surface area contributed by atoms with E-state index in [1.54, 1.807) is 0 Å². The van der Waals surface area contributed by atoms with E-state index in [1.165, 1.54) is 48.2 Å². The largest absolute Gasteiger partial charge is 0.278 e. The van der Waals surface area contributed by atoms with Gasteiger partial charge >= 0.3 is 0 Å². The number of aryl methyl sites for hydroxylation is 3. The fraction of sp³-hybridized carbons (Fsp3) is 0.0612. The van der Waals surface area contributed by atoms with Crippen molar-refractivity contribution >= 4 is 50.6 Å². The van der Waals surface area contributed by atoms with E-state index < -0.39 is 8.07 Å². The Labute approximate surface area is 311 Å². The monoisotopic (exact) mass is 697 g/mol. The van der Waals surface area contributed by atoms with Crippen LogP contribution in [-0.2, 0) is 0 Å². The lowest BCUT2D eigenvalue weighted by atomic mass is 10.0. The van der Waals surface area contributed by atoms with Crippen LogP contribution in [0, 0.1) is 20.8 Å². The molecule has 3 nitrogen and oxygen atoms in total. The molecule has 0 amide bonds. The lowest BCUT2D eigenvalue weighted by molar-refractivity contribution is 0.995. The number of benzene rings is 7. The van der Waals surface area contributed by atoms with Gasteiger partial charge in [0.05, 0.1) is 22.4 Å². The average Bonchev–Trinajstić information content (AvgIpc) is 3.52. The van der Waals surface area contributed by atoms with Crippen LogP contribution in [-0.4, -0.2) is 22.6 Å². The van der Waals surface area contributed by atoms with Gasteiger partial charge in [-0.05, 0) is 77.9 Å². The molecule has 53 heavy (non-hydrogen) atoms. The highest BCUT2D eigenvalue weighted by Crippen LogP contribution is 2.34. The Balaban J connectivity index is 1.35. The maximum atomic E-state index is 5.47. The Bertz CT molecular complexity index is 2660. The first-order chi connectivity index (χ1) is 26.0. The first-order valence-corrected chi connectivity index (χ1v) is 20.2. The van der Waals surface area contributed by atoms with Crippen LogP contribution in [0.5, 0.6) is 0 Å². The summed E-state index contributed by atoms with van der Waals surface area (Å²) in [7, 11) is -2.77. The molecule has 0 atom stereocenters. The second kappa shape index (κ2) is 13.3. The molecule has 0 fully saturated rings. The molecule has 0 bridgehead atoms. The van der Waals surface area contributed by atoms with Gasteiger partial charge in [-0.2, -0.15) is 0 Å². The molecule has 0 aliphatic rings. The van der Waals surface area contributed by atoms with E-state index >= 15 is 0 Å². The molecule has 0 unspecified atom stereocenters. The molecular formula is C49H39N3Si. The standard InChI is InChI=1S/C49H39N3Si/c1-34-16-15-17-37(28-34)45-33-46(51-49(50-45)52-47-25-14-13-24-43(47)44-31-35(2)26-27-48(44)52)38-29-36(3)30-42(32-38)53(39-18-7-4-8-19-39,40-20-9-5-10-21-40)41-22-11-6-12-23-41/h4-33H,1-3H3. The molecule has 2 aromatic heterocycles. The summed E-state index contributed by atoms with van der Waals surface area (Å²) >= 11 is 0. The van der Waals surface area contributed by atoms with Crippen molar-refractivity contribution in [3.63, 3.8) is 0 Å². The van der Waals surface area contributed by atoms with Crippen LogP contribution >= 0.6 is 0 Å². The van der Waals surface area contributed by atoms with Crippen LogP contribution in [0.2, 0.25) is 0 Å². The van der Waals surface area contributed by atoms with Gasteiger partial charge in [0, 0.05) is 21.9 Å².